The number of alkyl halides is 3. The maximum Gasteiger partial charge on any atom is 0.452 e. The van der Waals surface area contributed by atoms with Gasteiger partial charge < -0.3 is 9.80 Å². The zero-order valence-corrected chi connectivity index (χ0v) is 20.5. The third-order valence-electron chi connectivity index (χ3n) is 6.00. The first kappa shape index (κ1) is 24.7. The molecule has 2 aliphatic heterocycles. The Morgan fingerprint density at radius 3 is 2.53 bits per heavy atom. The van der Waals surface area contributed by atoms with Gasteiger partial charge >= 0.3 is 6.18 Å². The third-order valence-corrected chi connectivity index (χ3v) is 8.52. The number of sulfonamides is 1. The summed E-state index contributed by atoms with van der Waals surface area (Å²) in [6, 6.07) is 7.80. The number of anilines is 3. The van der Waals surface area contributed by atoms with E-state index in [-0.39, 0.29) is 28.8 Å². The molecule has 1 aromatic heterocycles. The molecule has 0 unspecified atom stereocenters. The van der Waals surface area contributed by atoms with Crippen molar-refractivity contribution in [3.63, 3.8) is 0 Å². The van der Waals surface area contributed by atoms with Crippen LogP contribution in [-0.4, -0.2) is 42.8 Å². The third kappa shape index (κ3) is 4.37. The van der Waals surface area contributed by atoms with Crippen molar-refractivity contribution in [1.82, 2.24) is 9.36 Å². The second-order valence-electron chi connectivity index (χ2n) is 8.12. The van der Waals surface area contributed by atoms with Gasteiger partial charge in [-0.25, -0.2) is 12.8 Å². The average Bonchev–Trinajstić information content (AvgIpc) is 3.54. The molecule has 0 aliphatic carbocycles. The molecule has 36 heavy (non-hydrogen) atoms. The van der Waals surface area contributed by atoms with Crippen molar-refractivity contribution in [1.29, 1.82) is 0 Å². The molecule has 1 saturated heterocycles. The predicted molar refractivity (Wildman–Crippen MR) is 127 cm³/mol. The lowest BCUT2D eigenvalue weighted by Gasteiger charge is -2.26. The second kappa shape index (κ2) is 8.85. The second-order valence-corrected chi connectivity index (χ2v) is 10.9. The van der Waals surface area contributed by atoms with Gasteiger partial charge in [-0.15, -0.1) is 0 Å². The highest BCUT2D eigenvalue weighted by Gasteiger charge is 2.40. The fraction of sp³-hybridized carbons (Fsp3) is 0.286. The zero-order chi connectivity index (χ0) is 25.8. The number of amides is 1. The van der Waals surface area contributed by atoms with Crippen LogP contribution in [0.1, 0.15) is 19.2 Å². The molecule has 3 heterocycles. The van der Waals surface area contributed by atoms with E-state index < -0.39 is 39.0 Å². The quantitative estimate of drug-likeness (QED) is 0.457. The van der Waals surface area contributed by atoms with E-state index in [9.17, 15) is 30.8 Å². The van der Waals surface area contributed by atoms with Crippen LogP contribution in [0.3, 0.4) is 0 Å². The number of rotatable bonds is 5. The zero-order valence-electron chi connectivity index (χ0n) is 18.1. The Kier molecular flexibility index (Phi) is 6.08. The average molecular weight is 564 g/mol. The van der Waals surface area contributed by atoms with Gasteiger partial charge in [-0.2, -0.15) is 22.5 Å². The van der Waals surface area contributed by atoms with Crippen molar-refractivity contribution in [3.05, 3.63) is 58.6 Å². The summed E-state index contributed by atoms with van der Waals surface area (Å²) in [6.07, 6.45) is -3.76. The first-order valence-electron chi connectivity index (χ1n) is 10.5. The van der Waals surface area contributed by atoms with Crippen LogP contribution < -0.4 is 14.5 Å². The van der Waals surface area contributed by atoms with Crippen LogP contribution in [-0.2, 0) is 27.4 Å². The number of benzene rings is 2. The molecule has 0 radical (unpaired) electrons. The number of carbonyl (C=O) groups is 1. The SMILES string of the molecule is O=C1[C@@H](N2CCc3c2ccc(F)c3Cl)CCN1c1ccc(S(=O)(=O)Nc2nc(C(F)(F)F)ns2)cc1.[HH]. The smallest absolute Gasteiger partial charge is 0.359 e. The number of carbonyl (C=O) groups excluding carboxylic acids is 1. The predicted octanol–water partition coefficient (Wildman–Crippen LogP) is 4.56. The number of fused-ring (bicyclic) bond motifs is 1. The molecule has 1 N–H and O–H groups in total. The van der Waals surface area contributed by atoms with Gasteiger partial charge in [0.25, 0.3) is 10.0 Å². The van der Waals surface area contributed by atoms with E-state index in [0.717, 1.165) is 5.69 Å². The van der Waals surface area contributed by atoms with Crippen molar-refractivity contribution in [2.45, 2.75) is 30.0 Å². The van der Waals surface area contributed by atoms with E-state index >= 15 is 0 Å². The molecular formula is C21H18ClF4N5O3S2. The van der Waals surface area contributed by atoms with E-state index in [2.05, 4.69) is 9.36 Å². The van der Waals surface area contributed by atoms with Crippen LogP contribution in [0.4, 0.5) is 34.1 Å². The highest BCUT2D eigenvalue weighted by Crippen LogP contribution is 2.38. The van der Waals surface area contributed by atoms with Gasteiger partial charge in [0, 0.05) is 37.4 Å². The molecule has 5 rings (SSSR count). The molecule has 0 saturated carbocycles. The first-order chi connectivity index (χ1) is 17.0. The van der Waals surface area contributed by atoms with Crippen LogP contribution >= 0.6 is 23.1 Å². The Hall–Kier alpha value is -2.97. The highest BCUT2D eigenvalue weighted by atomic mass is 35.5. The largest absolute Gasteiger partial charge is 0.452 e. The summed E-state index contributed by atoms with van der Waals surface area (Å²) < 4.78 is 82.0. The first-order valence-corrected chi connectivity index (χ1v) is 13.2. The lowest BCUT2D eigenvalue weighted by molar-refractivity contribution is -0.144. The number of halogens is 5. The van der Waals surface area contributed by atoms with Crippen molar-refractivity contribution in [3.8, 4) is 0 Å². The van der Waals surface area contributed by atoms with Crippen LogP contribution in [0.5, 0.6) is 0 Å². The number of hydrogen-bond donors (Lipinski definition) is 1. The minimum absolute atomic E-state index is 0. The lowest BCUT2D eigenvalue weighted by Crippen LogP contribution is -2.41. The van der Waals surface area contributed by atoms with Gasteiger partial charge in [0.2, 0.25) is 16.9 Å². The van der Waals surface area contributed by atoms with Gasteiger partial charge in [-0.3, -0.25) is 9.52 Å². The van der Waals surface area contributed by atoms with Gasteiger partial charge in [0.05, 0.1) is 9.92 Å². The van der Waals surface area contributed by atoms with Crippen molar-refractivity contribution >= 4 is 55.6 Å². The summed E-state index contributed by atoms with van der Waals surface area (Å²) in [5, 5.41) is -0.458. The monoisotopic (exact) mass is 563 g/mol. The van der Waals surface area contributed by atoms with Crippen molar-refractivity contribution in [2.24, 2.45) is 0 Å². The molecule has 8 nitrogen and oxygen atoms in total. The summed E-state index contributed by atoms with van der Waals surface area (Å²) in [7, 11) is -4.23. The fourth-order valence-corrected chi connectivity index (χ4v) is 6.40. The maximum absolute atomic E-state index is 13.8. The molecule has 2 aromatic carbocycles. The molecule has 192 valence electrons. The Labute approximate surface area is 213 Å². The van der Waals surface area contributed by atoms with Crippen molar-refractivity contribution < 1.29 is 32.2 Å². The Balaban J connectivity index is 0.00000320. The van der Waals surface area contributed by atoms with Gasteiger partial charge in [0.15, 0.2) is 0 Å². The summed E-state index contributed by atoms with van der Waals surface area (Å²) in [4.78, 5) is 19.6. The summed E-state index contributed by atoms with van der Waals surface area (Å²) in [5.41, 5.74) is 1.86. The Morgan fingerprint density at radius 1 is 1.14 bits per heavy atom. The maximum atomic E-state index is 13.8. The highest BCUT2D eigenvalue weighted by molar-refractivity contribution is 7.93. The van der Waals surface area contributed by atoms with Gasteiger partial charge in [-0.1, -0.05) is 11.6 Å². The summed E-state index contributed by atoms with van der Waals surface area (Å²) >= 11 is 6.36. The van der Waals surface area contributed by atoms with Crippen LogP contribution in [0, 0.1) is 5.82 Å². The topological polar surface area (TPSA) is 95.5 Å². The van der Waals surface area contributed by atoms with E-state index in [4.69, 9.17) is 11.6 Å². The Bertz CT molecular complexity index is 1450. The van der Waals surface area contributed by atoms with E-state index in [1.807, 2.05) is 9.62 Å². The summed E-state index contributed by atoms with van der Waals surface area (Å²) in [6.45, 7) is 0.910. The number of nitrogens with one attached hydrogen (secondary N) is 1. The lowest BCUT2D eigenvalue weighted by atomic mass is 10.1. The molecular weight excluding hydrogens is 546 g/mol. The molecule has 1 amide bonds. The summed E-state index contributed by atoms with van der Waals surface area (Å²) in [5.74, 6) is -2.13. The fourth-order valence-electron chi connectivity index (χ4n) is 4.34. The number of hydrogen-bond acceptors (Lipinski definition) is 7. The molecule has 0 spiro atoms. The van der Waals surface area contributed by atoms with E-state index in [1.54, 1.807) is 6.07 Å². The van der Waals surface area contributed by atoms with Crippen LogP contribution in [0.25, 0.3) is 0 Å². The normalized spacial score (nSPS) is 18.1. The molecule has 15 heteroatoms. The van der Waals surface area contributed by atoms with Crippen LogP contribution in [0.2, 0.25) is 5.02 Å². The Morgan fingerprint density at radius 2 is 1.86 bits per heavy atom. The standard InChI is InChI=1S/C21H16ClF4N5O3S2.H2/c22-17-13-7-9-31(15(13)6-5-14(17)23)16-8-10-30(18(16)32)11-1-3-12(4-2-11)36(33,34)29-20-27-19(28-35-20)21(24,25)26;/h1-6,16H,7-10H2,(H,27,28,29);1H/t16-;/m0./s1. The van der Waals surface area contributed by atoms with Gasteiger partial charge in [-0.05, 0) is 54.8 Å². The molecule has 0 bridgehead atoms. The van der Waals surface area contributed by atoms with Crippen LogP contribution in [0.15, 0.2) is 41.3 Å². The van der Waals surface area contributed by atoms with Crippen molar-refractivity contribution in [2.75, 3.05) is 27.6 Å². The minimum atomic E-state index is -4.79. The number of nitrogens with zero attached hydrogens (tertiary/aromatic N) is 4. The molecule has 1 fully saturated rings. The molecule has 2 aliphatic rings. The van der Waals surface area contributed by atoms with Gasteiger partial charge in [0.1, 0.15) is 11.9 Å². The molecule has 3 aromatic rings. The number of aromatic nitrogens is 2. The van der Waals surface area contributed by atoms with E-state index in [1.165, 1.54) is 35.2 Å². The minimum Gasteiger partial charge on any atom is -0.359 e. The molecule has 1 atom stereocenters. The van der Waals surface area contributed by atoms with E-state index in [0.29, 0.717) is 37.2 Å².